The van der Waals surface area contributed by atoms with E-state index in [0.29, 0.717) is 30.4 Å². The van der Waals surface area contributed by atoms with Gasteiger partial charge in [0.25, 0.3) is 0 Å². The van der Waals surface area contributed by atoms with E-state index in [9.17, 15) is 33.6 Å². The summed E-state index contributed by atoms with van der Waals surface area (Å²) in [5, 5.41) is 29.4. The molecule has 7 aromatic rings. The predicted molar refractivity (Wildman–Crippen MR) is 260 cm³/mol. The van der Waals surface area contributed by atoms with Crippen LogP contribution in [-0.2, 0) is 40.7 Å². The van der Waals surface area contributed by atoms with Crippen LogP contribution < -0.4 is 27.0 Å². The fraction of sp³-hybridized carbons (Fsp3) is 0.288. The summed E-state index contributed by atoms with van der Waals surface area (Å²) in [6.07, 6.45) is 3.84. The average molecular weight is 932 g/mol. The third-order valence-electron chi connectivity index (χ3n) is 12.6. The van der Waals surface area contributed by atoms with E-state index in [-0.39, 0.29) is 43.9 Å². The number of carboxylic acids is 1. The second-order valence-corrected chi connectivity index (χ2v) is 17.4. The van der Waals surface area contributed by atoms with Crippen molar-refractivity contribution in [1.82, 2.24) is 45.7 Å². The van der Waals surface area contributed by atoms with Gasteiger partial charge in [0.1, 0.15) is 12.1 Å². The monoisotopic (exact) mass is 931 g/mol. The number of carboxylic acid groups (broad SMARTS) is 1. The minimum Gasteiger partial charge on any atom is -0.481 e. The van der Waals surface area contributed by atoms with Gasteiger partial charge in [-0.3, -0.25) is 28.8 Å². The Morgan fingerprint density at radius 2 is 1.57 bits per heavy atom. The summed E-state index contributed by atoms with van der Waals surface area (Å²) in [4.78, 5) is 96.6. The standard InChI is InChI=1S/C52H53N9O8/c1-3-26-60(50(68)32(2)54-44(63)30-53-43(62)21-22-46(65)66)31-45(64)55-42(28-36-15-9-14-33-13-7-8-16-38(33)36)49(67)57-52(24-10-25-52)37-19-17-35(18-20-37)47-39(34-11-5-4-6-12-34)29-40-41(56-47)23-27-61-48(40)58-59-51(61)69/h4-9,11-20,23,27,29,32,42H,3,10,21-22,24-26,28,30-31H2,1-2H3,(H,53,62)(H,54,63)(H,55,64)(H,57,67)(H,59,69)(H,65,66)/t32-,42+/m1/s1. The van der Waals surface area contributed by atoms with Crippen LogP contribution in [0.2, 0.25) is 0 Å². The van der Waals surface area contributed by atoms with E-state index in [1.54, 1.807) is 12.3 Å². The highest BCUT2D eigenvalue weighted by molar-refractivity contribution is 5.98. The van der Waals surface area contributed by atoms with E-state index in [1.807, 2.05) is 110 Å². The maximum Gasteiger partial charge on any atom is 0.347 e. The minimum atomic E-state index is -1.15. The van der Waals surface area contributed by atoms with Crippen molar-refractivity contribution in [3.8, 4) is 22.4 Å². The van der Waals surface area contributed by atoms with Gasteiger partial charge in [-0.15, -0.1) is 0 Å². The number of amides is 5. The van der Waals surface area contributed by atoms with Crippen LogP contribution in [0.25, 0.3) is 49.7 Å². The smallest absolute Gasteiger partial charge is 0.347 e. The first-order valence-corrected chi connectivity index (χ1v) is 23.0. The summed E-state index contributed by atoms with van der Waals surface area (Å²) in [6.45, 7) is 2.66. The van der Waals surface area contributed by atoms with Crippen molar-refractivity contribution in [3.05, 3.63) is 137 Å². The highest BCUT2D eigenvalue weighted by Gasteiger charge is 2.42. The molecular weight excluding hydrogens is 879 g/mol. The number of hydrogen-bond acceptors (Lipinski definition) is 9. The maximum absolute atomic E-state index is 14.7. The van der Waals surface area contributed by atoms with E-state index >= 15 is 0 Å². The summed E-state index contributed by atoms with van der Waals surface area (Å²) in [5.74, 6) is -3.91. The molecule has 1 fully saturated rings. The molecule has 8 rings (SSSR count). The molecule has 1 aliphatic rings. The number of nitrogens with zero attached hydrogens (tertiary/aromatic N) is 4. The number of benzene rings is 4. The molecule has 0 bridgehead atoms. The summed E-state index contributed by atoms with van der Waals surface area (Å²) in [5.41, 5.74) is 5.21. The van der Waals surface area contributed by atoms with E-state index in [0.717, 1.165) is 56.1 Å². The van der Waals surface area contributed by atoms with Crippen LogP contribution >= 0.6 is 0 Å². The molecule has 354 valence electrons. The van der Waals surface area contributed by atoms with Crippen molar-refractivity contribution >= 4 is 62.8 Å². The van der Waals surface area contributed by atoms with Crippen LogP contribution in [0.3, 0.4) is 0 Å². The van der Waals surface area contributed by atoms with E-state index in [1.165, 1.54) is 16.2 Å². The number of pyridine rings is 2. The highest BCUT2D eigenvalue weighted by Crippen LogP contribution is 2.43. The van der Waals surface area contributed by atoms with Crippen LogP contribution in [0.5, 0.6) is 0 Å². The normalized spacial score (nSPS) is 13.8. The van der Waals surface area contributed by atoms with Crippen LogP contribution in [0.1, 0.15) is 63.5 Å². The van der Waals surface area contributed by atoms with Gasteiger partial charge < -0.3 is 31.3 Å². The average Bonchev–Trinajstić information content (AvgIpc) is 3.73. The first-order chi connectivity index (χ1) is 33.3. The quantitative estimate of drug-likeness (QED) is 0.0635. The third-order valence-corrected chi connectivity index (χ3v) is 12.6. The molecule has 0 aliphatic heterocycles. The molecule has 0 radical (unpaired) electrons. The van der Waals surface area contributed by atoms with Gasteiger partial charge in [0.2, 0.25) is 29.5 Å². The second kappa shape index (κ2) is 20.8. The maximum atomic E-state index is 14.7. The molecule has 0 unspecified atom stereocenters. The van der Waals surface area contributed by atoms with Crippen LogP contribution in [0, 0.1) is 0 Å². The number of H-pyrrole nitrogens is 1. The molecule has 4 aromatic carbocycles. The Morgan fingerprint density at radius 1 is 0.826 bits per heavy atom. The van der Waals surface area contributed by atoms with Gasteiger partial charge in [0.15, 0.2) is 5.65 Å². The summed E-state index contributed by atoms with van der Waals surface area (Å²) >= 11 is 0. The number of carbonyl (C=O) groups is 6. The zero-order valence-electron chi connectivity index (χ0n) is 38.3. The molecular formula is C52H53N9O8. The van der Waals surface area contributed by atoms with Crippen LogP contribution in [-0.4, -0.2) is 96.8 Å². The lowest BCUT2D eigenvalue weighted by Crippen LogP contribution is -2.58. The zero-order valence-corrected chi connectivity index (χ0v) is 38.3. The lowest BCUT2D eigenvalue weighted by molar-refractivity contribution is -0.140. The number of aliphatic carboxylic acids is 1. The van der Waals surface area contributed by atoms with Crippen LogP contribution in [0.4, 0.5) is 0 Å². The van der Waals surface area contributed by atoms with Gasteiger partial charge in [0, 0.05) is 42.1 Å². The molecule has 1 saturated carbocycles. The van der Waals surface area contributed by atoms with Gasteiger partial charge in [0.05, 0.1) is 36.3 Å². The SMILES string of the molecule is CCCN(CC(=O)N[C@@H](Cc1cccc2ccccc12)C(=O)NC1(c2ccc(-c3nc4ccn5c(=O)[nH]nc5c4cc3-c3ccccc3)cc2)CCC1)C(=O)[C@@H](C)NC(=O)CNC(=O)CCC(=O)O. The Labute approximate surface area is 396 Å². The number of aromatic amines is 1. The van der Waals surface area contributed by atoms with Crippen molar-refractivity contribution in [2.75, 3.05) is 19.6 Å². The van der Waals surface area contributed by atoms with E-state index in [2.05, 4.69) is 31.5 Å². The van der Waals surface area contributed by atoms with Crippen molar-refractivity contribution in [1.29, 1.82) is 0 Å². The number of rotatable bonds is 19. The molecule has 69 heavy (non-hydrogen) atoms. The Balaban J connectivity index is 1.02. The van der Waals surface area contributed by atoms with Crippen molar-refractivity contribution < 1.29 is 33.9 Å². The Kier molecular flexibility index (Phi) is 14.2. The number of fused-ring (bicyclic) bond motifs is 4. The Morgan fingerprint density at radius 3 is 2.29 bits per heavy atom. The summed E-state index contributed by atoms with van der Waals surface area (Å²) in [7, 11) is 0. The fourth-order valence-electron chi connectivity index (χ4n) is 8.92. The largest absolute Gasteiger partial charge is 0.481 e. The molecule has 3 aromatic heterocycles. The summed E-state index contributed by atoms with van der Waals surface area (Å²) in [6, 6.07) is 33.2. The topological polar surface area (TPSA) is 237 Å². The minimum absolute atomic E-state index is 0.162. The molecule has 3 heterocycles. The van der Waals surface area contributed by atoms with Crippen molar-refractivity contribution in [3.63, 3.8) is 0 Å². The van der Waals surface area contributed by atoms with Gasteiger partial charge in [-0.25, -0.2) is 19.3 Å². The van der Waals surface area contributed by atoms with Gasteiger partial charge in [-0.05, 0) is 72.2 Å². The number of nitrogens with one attached hydrogen (secondary N) is 5. The third kappa shape index (κ3) is 10.7. The Bertz CT molecular complexity index is 3120. The van der Waals surface area contributed by atoms with E-state index < -0.39 is 53.8 Å². The molecule has 0 saturated heterocycles. The van der Waals surface area contributed by atoms with Gasteiger partial charge >= 0.3 is 11.7 Å². The van der Waals surface area contributed by atoms with Crippen molar-refractivity contribution in [2.45, 2.75) is 76.4 Å². The molecule has 5 amide bonds. The molecule has 17 heteroatoms. The van der Waals surface area contributed by atoms with Gasteiger partial charge in [-0.2, -0.15) is 5.10 Å². The number of aromatic nitrogens is 4. The summed E-state index contributed by atoms with van der Waals surface area (Å²) < 4.78 is 1.45. The molecule has 1 aliphatic carbocycles. The van der Waals surface area contributed by atoms with Crippen molar-refractivity contribution in [2.24, 2.45) is 0 Å². The Hall–Kier alpha value is -8.21. The fourth-order valence-corrected chi connectivity index (χ4v) is 8.92. The van der Waals surface area contributed by atoms with Crippen LogP contribution in [0.15, 0.2) is 120 Å². The molecule has 0 spiro atoms. The lowest BCUT2D eigenvalue weighted by Gasteiger charge is -2.44. The number of hydrogen-bond donors (Lipinski definition) is 6. The zero-order chi connectivity index (χ0) is 48.7. The predicted octanol–water partition coefficient (Wildman–Crippen LogP) is 5.01. The first-order valence-electron chi connectivity index (χ1n) is 23.0. The van der Waals surface area contributed by atoms with E-state index in [4.69, 9.17) is 10.1 Å². The molecule has 17 nitrogen and oxygen atoms in total. The highest BCUT2D eigenvalue weighted by atomic mass is 16.4. The number of carbonyl (C=O) groups excluding carboxylic acids is 5. The lowest BCUT2D eigenvalue weighted by atomic mass is 9.71. The van der Waals surface area contributed by atoms with Gasteiger partial charge in [-0.1, -0.05) is 104 Å². The molecule has 2 atom stereocenters. The first kappa shape index (κ1) is 47.3. The molecule has 6 N–H and O–H groups in total. The second-order valence-electron chi connectivity index (χ2n) is 17.4.